The molecule has 0 aliphatic rings. The van der Waals surface area contributed by atoms with Crippen molar-refractivity contribution in [2.75, 3.05) is 0 Å². The lowest BCUT2D eigenvalue weighted by atomic mass is 10.1. The van der Waals surface area contributed by atoms with Crippen molar-refractivity contribution in [3.05, 3.63) is 45.7 Å². The van der Waals surface area contributed by atoms with Gasteiger partial charge in [0.1, 0.15) is 0 Å². The Hall–Kier alpha value is -1.28. The Kier molecular flexibility index (Phi) is 2.55. The molecule has 1 aromatic carbocycles. The molecule has 0 atom stereocenters. The molecular formula is C11H7IN2. The minimum atomic E-state index is 0.690. The van der Waals surface area contributed by atoms with Gasteiger partial charge in [0.05, 0.1) is 17.3 Å². The van der Waals surface area contributed by atoms with E-state index in [2.05, 4.69) is 33.6 Å². The van der Waals surface area contributed by atoms with Gasteiger partial charge < -0.3 is 4.98 Å². The smallest absolute Gasteiger partial charge is 0.0991 e. The molecule has 0 amide bonds. The zero-order valence-corrected chi connectivity index (χ0v) is 9.45. The highest BCUT2D eigenvalue weighted by atomic mass is 127. The fourth-order valence-corrected chi connectivity index (χ4v) is 1.93. The van der Waals surface area contributed by atoms with Gasteiger partial charge in [-0.15, -0.1) is 0 Å². The molecule has 14 heavy (non-hydrogen) atoms. The van der Waals surface area contributed by atoms with Crippen molar-refractivity contribution in [2.24, 2.45) is 0 Å². The van der Waals surface area contributed by atoms with Crippen molar-refractivity contribution in [2.45, 2.75) is 0 Å². The van der Waals surface area contributed by atoms with E-state index in [0.717, 1.165) is 11.3 Å². The van der Waals surface area contributed by atoms with Gasteiger partial charge in [0, 0.05) is 9.77 Å². The molecule has 1 N–H and O–H groups in total. The first-order chi connectivity index (χ1) is 6.81. The molecular weight excluding hydrogens is 287 g/mol. The Bertz CT molecular complexity index is 477. The maximum Gasteiger partial charge on any atom is 0.0991 e. The molecule has 0 radical (unpaired) electrons. The van der Waals surface area contributed by atoms with E-state index in [1.165, 1.54) is 3.57 Å². The van der Waals surface area contributed by atoms with Crippen LogP contribution in [0.3, 0.4) is 0 Å². The monoisotopic (exact) mass is 294 g/mol. The van der Waals surface area contributed by atoms with E-state index in [-0.39, 0.29) is 0 Å². The number of hydrogen-bond acceptors (Lipinski definition) is 1. The Labute approximate surface area is 95.7 Å². The number of aromatic amines is 1. The molecule has 2 nitrogen and oxygen atoms in total. The maximum absolute atomic E-state index is 8.65. The lowest BCUT2D eigenvalue weighted by molar-refractivity contribution is 1.39. The number of hydrogen-bond donors (Lipinski definition) is 1. The predicted molar refractivity (Wildman–Crippen MR) is 63.7 cm³/mol. The molecule has 0 spiro atoms. The molecule has 0 aliphatic heterocycles. The summed E-state index contributed by atoms with van der Waals surface area (Å²) in [5.74, 6) is 0. The number of benzene rings is 1. The highest BCUT2D eigenvalue weighted by molar-refractivity contribution is 14.1. The van der Waals surface area contributed by atoms with E-state index in [4.69, 9.17) is 5.26 Å². The SMILES string of the molecule is N#Cc1ccc(-c2[nH]ccc2I)cc1. The number of H-pyrrole nitrogens is 1. The van der Waals surface area contributed by atoms with Gasteiger partial charge in [-0.3, -0.25) is 0 Å². The molecule has 1 heterocycles. The Morgan fingerprint density at radius 3 is 2.36 bits per heavy atom. The van der Waals surface area contributed by atoms with E-state index >= 15 is 0 Å². The zero-order valence-electron chi connectivity index (χ0n) is 7.29. The van der Waals surface area contributed by atoms with Crippen LogP contribution in [0.4, 0.5) is 0 Å². The van der Waals surface area contributed by atoms with Gasteiger partial charge in [-0.25, -0.2) is 0 Å². The van der Waals surface area contributed by atoms with Crippen molar-refractivity contribution in [1.29, 1.82) is 5.26 Å². The predicted octanol–water partition coefficient (Wildman–Crippen LogP) is 3.16. The number of nitrogens with zero attached hydrogens (tertiary/aromatic N) is 1. The second-order valence-electron chi connectivity index (χ2n) is 2.89. The van der Waals surface area contributed by atoms with Crippen LogP contribution in [0.2, 0.25) is 0 Å². The molecule has 0 unspecified atom stereocenters. The second-order valence-corrected chi connectivity index (χ2v) is 4.05. The maximum atomic E-state index is 8.65. The quantitative estimate of drug-likeness (QED) is 0.806. The summed E-state index contributed by atoms with van der Waals surface area (Å²) < 4.78 is 1.19. The molecule has 3 heteroatoms. The summed E-state index contributed by atoms with van der Waals surface area (Å²) in [4.78, 5) is 3.17. The molecule has 2 aromatic rings. The van der Waals surface area contributed by atoms with Crippen molar-refractivity contribution < 1.29 is 0 Å². The lowest BCUT2D eigenvalue weighted by Gasteiger charge is -1.98. The van der Waals surface area contributed by atoms with E-state index in [0.29, 0.717) is 5.56 Å². The first-order valence-corrected chi connectivity index (χ1v) is 5.22. The highest BCUT2D eigenvalue weighted by Gasteiger charge is 2.02. The lowest BCUT2D eigenvalue weighted by Crippen LogP contribution is -1.80. The number of aromatic nitrogens is 1. The average molecular weight is 294 g/mol. The van der Waals surface area contributed by atoms with E-state index < -0.39 is 0 Å². The van der Waals surface area contributed by atoms with Crippen LogP contribution < -0.4 is 0 Å². The number of nitrogens with one attached hydrogen (secondary N) is 1. The second kappa shape index (κ2) is 3.84. The van der Waals surface area contributed by atoms with Crippen LogP contribution in [0.5, 0.6) is 0 Å². The summed E-state index contributed by atoms with van der Waals surface area (Å²) in [5, 5.41) is 8.65. The van der Waals surface area contributed by atoms with Crippen molar-refractivity contribution in [3.8, 4) is 17.3 Å². The summed E-state index contributed by atoms with van der Waals surface area (Å²) >= 11 is 2.28. The minimum absolute atomic E-state index is 0.690. The van der Waals surface area contributed by atoms with Crippen LogP contribution in [-0.4, -0.2) is 4.98 Å². The third kappa shape index (κ3) is 1.66. The Morgan fingerprint density at radius 1 is 1.14 bits per heavy atom. The van der Waals surface area contributed by atoms with Gasteiger partial charge >= 0.3 is 0 Å². The molecule has 0 fully saturated rings. The molecule has 0 bridgehead atoms. The van der Waals surface area contributed by atoms with E-state index in [1.54, 1.807) is 0 Å². The minimum Gasteiger partial charge on any atom is -0.360 e. The van der Waals surface area contributed by atoms with Gasteiger partial charge in [-0.1, -0.05) is 12.1 Å². The summed E-state index contributed by atoms with van der Waals surface area (Å²) in [6.45, 7) is 0. The van der Waals surface area contributed by atoms with Gasteiger partial charge in [0.15, 0.2) is 0 Å². The van der Waals surface area contributed by atoms with Crippen molar-refractivity contribution in [1.82, 2.24) is 4.98 Å². The fourth-order valence-electron chi connectivity index (χ4n) is 1.28. The van der Waals surface area contributed by atoms with Gasteiger partial charge in [-0.2, -0.15) is 5.26 Å². The molecule has 1 aromatic heterocycles. The van der Waals surface area contributed by atoms with Crippen LogP contribution in [0.25, 0.3) is 11.3 Å². The number of halogens is 1. The normalized spacial score (nSPS) is 9.71. The summed E-state index contributed by atoms with van der Waals surface area (Å²) in [7, 11) is 0. The number of rotatable bonds is 1. The standard InChI is InChI=1S/C11H7IN2/c12-10-5-6-14-11(10)9-3-1-8(7-13)2-4-9/h1-6,14H. The van der Waals surface area contributed by atoms with Crippen LogP contribution >= 0.6 is 22.6 Å². The molecule has 0 saturated heterocycles. The van der Waals surface area contributed by atoms with Gasteiger partial charge in [0.25, 0.3) is 0 Å². The van der Waals surface area contributed by atoms with Crippen LogP contribution in [-0.2, 0) is 0 Å². The highest BCUT2D eigenvalue weighted by Crippen LogP contribution is 2.23. The number of nitriles is 1. The summed E-state index contributed by atoms with van der Waals surface area (Å²) in [6.07, 6.45) is 1.91. The van der Waals surface area contributed by atoms with Crippen LogP contribution in [0.15, 0.2) is 36.5 Å². The topological polar surface area (TPSA) is 39.6 Å². The van der Waals surface area contributed by atoms with Crippen molar-refractivity contribution >= 4 is 22.6 Å². The molecule has 2 rings (SSSR count). The Balaban J connectivity index is 2.45. The van der Waals surface area contributed by atoms with Crippen LogP contribution in [0.1, 0.15) is 5.56 Å². The van der Waals surface area contributed by atoms with E-state index in [1.807, 2.05) is 36.5 Å². The van der Waals surface area contributed by atoms with Gasteiger partial charge in [0.2, 0.25) is 0 Å². The first kappa shape index (κ1) is 9.28. The van der Waals surface area contributed by atoms with Crippen LogP contribution in [0, 0.1) is 14.9 Å². The molecule has 0 saturated carbocycles. The molecule has 68 valence electrons. The average Bonchev–Trinajstić information content (AvgIpc) is 2.65. The van der Waals surface area contributed by atoms with Crippen molar-refractivity contribution in [3.63, 3.8) is 0 Å². The third-order valence-corrected chi connectivity index (χ3v) is 2.90. The molecule has 0 aliphatic carbocycles. The van der Waals surface area contributed by atoms with E-state index in [9.17, 15) is 0 Å². The first-order valence-electron chi connectivity index (χ1n) is 4.14. The summed E-state index contributed by atoms with van der Waals surface area (Å²) in [6, 6.07) is 11.7. The van der Waals surface area contributed by atoms with Gasteiger partial charge in [-0.05, 0) is 46.4 Å². The Morgan fingerprint density at radius 2 is 1.86 bits per heavy atom. The summed E-state index contributed by atoms with van der Waals surface area (Å²) in [5.41, 5.74) is 2.91. The zero-order chi connectivity index (χ0) is 9.97. The largest absolute Gasteiger partial charge is 0.360 e. The fraction of sp³-hybridized carbons (Fsp3) is 0. The third-order valence-electron chi connectivity index (χ3n) is 2.00.